The van der Waals surface area contributed by atoms with Crippen molar-refractivity contribution in [2.45, 2.75) is 26.7 Å². The summed E-state index contributed by atoms with van der Waals surface area (Å²) >= 11 is 0. The lowest BCUT2D eigenvalue weighted by molar-refractivity contribution is -0.111. The van der Waals surface area contributed by atoms with Crippen molar-refractivity contribution in [2.75, 3.05) is 56.9 Å². The maximum atomic E-state index is 12.2. The van der Waals surface area contributed by atoms with Gasteiger partial charge in [-0.1, -0.05) is 26.0 Å². The van der Waals surface area contributed by atoms with E-state index in [-0.39, 0.29) is 5.91 Å². The van der Waals surface area contributed by atoms with Crippen molar-refractivity contribution in [3.05, 3.63) is 48.8 Å². The van der Waals surface area contributed by atoms with E-state index in [0.717, 1.165) is 53.9 Å². The maximum Gasteiger partial charge on any atom is 0.247 e. The summed E-state index contributed by atoms with van der Waals surface area (Å²) in [5, 5.41) is 7.22. The summed E-state index contributed by atoms with van der Waals surface area (Å²) in [6.07, 6.45) is 7.16. The molecule has 3 N–H and O–H groups in total. The van der Waals surface area contributed by atoms with E-state index >= 15 is 0 Å². The first-order valence-corrected chi connectivity index (χ1v) is 12.1. The lowest BCUT2D eigenvalue weighted by atomic mass is 10.0. The van der Waals surface area contributed by atoms with E-state index in [9.17, 15) is 4.79 Å². The smallest absolute Gasteiger partial charge is 0.247 e. The van der Waals surface area contributed by atoms with Crippen LogP contribution in [-0.2, 0) is 4.79 Å². The van der Waals surface area contributed by atoms with Gasteiger partial charge in [-0.25, -0.2) is 4.98 Å². The molecule has 0 aliphatic carbocycles. The maximum absolute atomic E-state index is 12.2. The van der Waals surface area contributed by atoms with E-state index in [1.54, 1.807) is 7.11 Å². The van der Waals surface area contributed by atoms with Gasteiger partial charge in [-0.05, 0) is 51.2 Å². The summed E-state index contributed by atoms with van der Waals surface area (Å²) in [5.41, 5.74) is 4.90. The summed E-state index contributed by atoms with van der Waals surface area (Å²) in [6, 6.07) is 5.74. The summed E-state index contributed by atoms with van der Waals surface area (Å²) in [7, 11) is 7.65. The third-order valence-corrected chi connectivity index (χ3v) is 5.89. The zero-order chi connectivity index (χ0) is 26.2. The van der Waals surface area contributed by atoms with Crippen LogP contribution in [0.3, 0.4) is 0 Å². The van der Waals surface area contributed by atoms with Crippen LogP contribution in [0.2, 0.25) is 0 Å². The zero-order valence-electron chi connectivity index (χ0n) is 22.1. The van der Waals surface area contributed by atoms with Gasteiger partial charge in [0.15, 0.2) is 0 Å². The van der Waals surface area contributed by atoms with E-state index in [1.165, 1.54) is 6.08 Å². The van der Waals surface area contributed by atoms with Crippen LogP contribution >= 0.6 is 0 Å². The lowest BCUT2D eigenvalue weighted by Crippen LogP contribution is -2.29. The SMILES string of the molecule is C=CC(=O)Nc1cc(Nc2nc(/C(=C/C)CCC)c3cc[nH]c3n2)c(OC)cc1N(C)CCN(C)C. The molecule has 0 bridgehead atoms. The van der Waals surface area contributed by atoms with Gasteiger partial charge in [0.1, 0.15) is 11.4 Å². The number of carbonyl (C=O) groups is 1. The number of aromatic amines is 1. The second kappa shape index (κ2) is 12.2. The molecular formula is C27H37N7O2. The Bertz CT molecular complexity index is 1250. The Morgan fingerprint density at radius 1 is 1.19 bits per heavy atom. The average Bonchev–Trinajstić information content (AvgIpc) is 3.34. The van der Waals surface area contributed by atoms with Gasteiger partial charge in [-0.2, -0.15) is 4.98 Å². The average molecular weight is 492 g/mol. The fraction of sp³-hybridized carbons (Fsp3) is 0.370. The Morgan fingerprint density at radius 3 is 2.61 bits per heavy atom. The van der Waals surface area contributed by atoms with Crippen LogP contribution in [0, 0.1) is 0 Å². The van der Waals surface area contributed by atoms with Crippen LogP contribution in [0.5, 0.6) is 5.75 Å². The highest BCUT2D eigenvalue weighted by Crippen LogP contribution is 2.38. The molecule has 0 saturated carbocycles. The molecule has 36 heavy (non-hydrogen) atoms. The number of methoxy groups -OCH3 is 1. The molecule has 0 unspecified atom stereocenters. The van der Waals surface area contributed by atoms with Crippen molar-refractivity contribution in [3.63, 3.8) is 0 Å². The number of fused-ring (bicyclic) bond motifs is 1. The van der Waals surface area contributed by atoms with Crippen molar-refractivity contribution in [1.82, 2.24) is 19.9 Å². The third kappa shape index (κ3) is 6.23. The van der Waals surface area contributed by atoms with Gasteiger partial charge in [-0.3, -0.25) is 4.79 Å². The van der Waals surface area contributed by atoms with Crippen LogP contribution in [0.4, 0.5) is 23.0 Å². The number of amides is 1. The number of likely N-dealkylation sites (N-methyl/N-ethyl adjacent to an activating group) is 2. The lowest BCUT2D eigenvalue weighted by Gasteiger charge is -2.26. The number of nitrogens with zero attached hydrogens (tertiary/aromatic N) is 4. The number of benzene rings is 1. The number of hydrogen-bond acceptors (Lipinski definition) is 7. The second-order valence-electron chi connectivity index (χ2n) is 8.81. The molecular weight excluding hydrogens is 454 g/mol. The first-order chi connectivity index (χ1) is 17.3. The molecule has 0 aliphatic rings. The van der Waals surface area contributed by atoms with Crippen molar-refractivity contribution in [1.29, 1.82) is 0 Å². The molecule has 0 saturated heterocycles. The van der Waals surface area contributed by atoms with Crippen LogP contribution in [0.15, 0.2) is 43.1 Å². The van der Waals surface area contributed by atoms with Gasteiger partial charge in [0.05, 0.1) is 29.9 Å². The standard InChI is InChI=1S/C27H37N7O2/c1-8-11-18(9-2)25-19-12-13-28-26(19)32-27(31-25)30-21-16-20(29-24(35)10-3)22(17-23(21)36-7)34(6)15-14-33(4)5/h9-10,12-13,16-17H,3,8,11,14-15H2,1-2,4-7H3,(H,29,35)(H2,28,30,31,32)/b18-9+. The van der Waals surface area contributed by atoms with Crippen molar-refractivity contribution >= 4 is 45.5 Å². The van der Waals surface area contributed by atoms with Crippen molar-refractivity contribution in [2.24, 2.45) is 0 Å². The minimum atomic E-state index is -0.294. The van der Waals surface area contributed by atoms with Gasteiger partial charge in [0, 0.05) is 37.8 Å². The summed E-state index contributed by atoms with van der Waals surface area (Å²) in [5.74, 6) is 0.746. The molecule has 3 rings (SSSR count). The van der Waals surface area contributed by atoms with Crippen LogP contribution in [0.1, 0.15) is 32.4 Å². The largest absolute Gasteiger partial charge is 0.494 e. The molecule has 1 aromatic carbocycles. The Hall–Kier alpha value is -3.85. The van der Waals surface area contributed by atoms with E-state index in [0.29, 0.717) is 23.1 Å². The monoisotopic (exact) mass is 491 g/mol. The molecule has 0 atom stereocenters. The number of carbonyl (C=O) groups excluding carboxylic acids is 1. The van der Waals surface area contributed by atoms with E-state index < -0.39 is 0 Å². The molecule has 2 aromatic heterocycles. The third-order valence-electron chi connectivity index (χ3n) is 5.89. The molecule has 3 aromatic rings. The fourth-order valence-electron chi connectivity index (χ4n) is 3.94. The van der Waals surface area contributed by atoms with Gasteiger partial charge in [0.2, 0.25) is 11.9 Å². The molecule has 0 aliphatic heterocycles. The Morgan fingerprint density at radius 2 is 1.97 bits per heavy atom. The second-order valence-corrected chi connectivity index (χ2v) is 8.81. The number of nitrogens with one attached hydrogen (secondary N) is 3. The molecule has 1 amide bonds. The van der Waals surface area contributed by atoms with E-state index in [2.05, 4.69) is 50.0 Å². The van der Waals surface area contributed by atoms with Gasteiger partial charge < -0.3 is 30.2 Å². The molecule has 9 nitrogen and oxygen atoms in total. The van der Waals surface area contributed by atoms with Crippen molar-refractivity contribution < 1.29 is 9.53 Å². The van der Waals surface area contributed by atoms with Gasteiger partial charge in [0.25, 0.3) is 0 Å². The van der Waals surface area contributed by atoms with Gasteiger partial charge in [-0.15, -0.1) is 0 Å². The Balaban J connectivity index is 2.07. The number of hydrogen-bond donors (Lipinski definition) is 3. The van der Waals surface area contributed by atoms with Crippen LogP contribution in [0.25, 0.3) is 16.6 Å². The fourth-order valence-corrected chi connectivity index (χ4v) is 3.94. The highest BCUT2D eigenvalue weighted by Gasteiger charge is 2.18. The Labute approximate surface area is 213 Å². The number of H-pyrrole nitrogens is 1. The minimum Gasteiger partial charge on any atom is -0.494 e. The first-order valence-electron chi connectivity index (χ1n) is 12.1. The number of anilines is 4. The molecule has 192 valence electrons. The van der Waals surface area contributed by atoms with Crippen LogP contribution in [-0.4, -0.2) is 67.1 Å². The molecule has 0 radical (unpaired) electrons. The minimum absolute atomic E-state index is 0.294. The van der Waals surface area contributed by atoms with E-state index in [4.69, 9.17) is 9.72 Å². The zero-order valence-corrected chi connectivity index (χ0v) is 22.1. The highest BCUT2D eigenvalue weighted by atomic mass is 16.5. The number of ether oxygens (including phenoxy) is 1. The predicted molar refractivity (Wildman–Crippen MR) is 149 cm³/mol. The molecule has 0 fully saturated rings. The van der Waals surface area contributed by atoms with Gasteiger partial charge >= 0.3 is 0 Å². The quantitative estimate of drug-likeness (QED) is 0.306. The molecule has 9 heteroatoms. The topological polar surface area (TPSA) is 98.4 Å². The molecule has 0 spiro atoms. The number of rotatable bonds is 12. The molecule has 2 heterocycles. The summed E-state index contributed by atoms with van der Waals surface area (Å²) in [6.45, 7) is 9.38. The first kappa shape index (κ1) is 26.7. The highest BCUT2D eigenvalue weighted by molar-refractivity contribution is 6.02. The number of allylic oxidation sites excluding steroid dienone is 2. The number of aromatic nitrogens is 3. The summed E-state index contributed by atoms with van der Waals surface area (Å²) < 4.78 is 5.72. The Kier molecular flexibility index (Phi) is 9.08. The normalized spacial score (nSPS) is 11.6. The van der Waals surface area contributed by atoms with E-state index in [1.807, 2.05) is 52.5 Å². The summed E-state index contributed by atoms with van der Waals surface area (Å²) in [4.78, 5) is 29.2. The predicted octanol–water partition coefficient (Wildman–Crippen LogP) is 5.04. The van der Waals surface area contributed by atoms with Crippen molar-refractivity contribution in [3.8, 4) is 5.75 Å². The van der Waals surface area contributed by atoms with Crippen LogP contribution < -0.4 is 20.3 Å².